The van der Waals surface area contributed by atoms with Crippen LogP contribution in [0.3, 0.4) is 0 Å². The Labute approximate surface area is 128 Å². The number of ether oxygens (including phenoxy) is 1. The number of rotatable bonds is 4. The molecule has 1 saturated heterocycles. The van der Waals surface area contributed by atoms with Gasteiger partial charge in [-0.25, -0.2) is 4.98 Å². The molecule has 1 fully saturated rings. The zero-order valence-corrected chi connectivity index (χ0v) is 13.5. The molecule has 1 aliphatic rings. The van der Waals surface area contributed by atoms with Gasteiger partial charge in [0.1, 0.15) is 17.4 Å². The largest absolute Gasteiger partial charge is 0.368 e. The number of nitrogens with zero attached hydrogens (tertiary/aromatic N) is 5. The van der Waals surface area contributed by atoms with Crippen molar-refractivity contribution >= 4 is 11.3 Å². The molecular weight excluding hydrogens is 286 g/mol. The number of thiazole rings is 1. The molecule has 0 aromatic carbocycles. The van der Waals surface area contributed by atoms with Crippen molar-refractivity contribution in [3.63, 3.8) is 0 Å². The van der Waals surface area contributed by atoms with Crippen LogP contribution in [0, 0.1) is 0 Å². The summed E-state index contributed by atoms with van der Waals surface area (Å²) in [4.78, 5) is 8.27. The molecule has 0 unspecified atom stereocenters. The lowest BCUT2D eigenvalue weighted by Crippen LogP contribution is -2.38. The van der Waals surface area contributed by atoms with Gasteiger partial charge in [-0.1, -0.05) is 13.8 Å². The highest BCUT2D eigenvalue weighted by Crippen LogP contribution is 2.25. The number of hydrogen-bond acceptors (Lipinski definition) is 6. The average molecular weight is 307 g/mol. The molecule has 3 rings (SSSR count). The van der Waals surface area contributed by atoms with Crippen molar-refractivity contribution in [3.8, 4) is 0 Å². The number of aryl methyl sites for hydroxylation is 1. The van der Waals surface area contributed by atoms with E-state index in [2.05, 4.69) is 33.9 Å². The molecule has 0 saturated carbocycles. The standard InChI is InChI=1S/C14H21N5OS/c1-10(2)12-6-15-13(21-12)8-19-4-5-20-11(7-19)14-17-16-9-18(14)3/h6,9-11H,4-5,7-8H2,1-3H3/t11-/m1/s1. The summed E-state index contributed by atoms with van der Waals surface area (Å²) in [5.41, 5.74) is 0. The van der Waals surface area contributed by atoms with Crippen LogP contribution in [0.25, 0.3) is 0 Å². The SMILES string of the molecule is CC(C)c1cnc(CN2CCO[C@@H](c3nncn3C)C2)s1. The van der Waals surface area contributed by atoms with Crippen LogP contribution < -0.4 is 0 Å². The summed E-state index contributed by atoms with van der Waals surface area (Å²) in [6, 6.07) is 0. The molecule has 3 heterocycles. The molecule has 0 amide bonds. The highest BCUT2D eigenvalue weighted by Gasteiger charge is 2.26. The summed E-state index contributed by atoms with van der Waals surface area (Å²) >= 11 is 1.81. The zero-order valence-electron chi connectivity index (χ0n) is 12.7. The van der Waals surface area contributed by atoms with Crippen LogP contribution in [0.15, 0.2) is 12.5 Å². The van der Waals surface area contributed by atoms with Crippen molar-refractivity contribution in [1.82, 2.24) is 24.6 Å². The maximum Gasteiger partial charge on any atom is 0.163 e. The summed E-state index contributed by atoms with van der Waals surface area (Å²) in [6.07, 6.45) is 3.72. The number of morpholine rings is 1. The second-order valence-electron chi connectivity index (χ2n) is 5.71. The van der Waals surface area contributed by atoms with E-state index in [9.17, 15) is 0 Å². The molecular formula is C14H21N5OS. The van der Waals surface area contributed by atoms with Gasteiger partial charge in [-0.2, -0.15) is 0 Å². The molecule has 1 atom stereocenters. The third-order valence-corrected chi connectivity index (χ3v) is 4.97. The lowest BCUT2D eigenvalue weighted by molar-refractivity contribution is -0.0385. The highest BCUT2D eigenvalue weighted by molar-refractivity contribution is 7.11. The van der Waals surface area contributed by atoms with E-state index in [-0.39, 0.29) is 6.10 Å². The summed E-state index contributed by atoms with van der Waals surface area (Å²) in [5, 5.41) is 9.27. The van der Waals surface area contributed by atoms with E-state index in [1.807, 2.05) is 29.1 Å². The first kappa shape index (κ1) is 14.6. The minimum absolute atomic E-state index is 0.00391. The molecule has 6 nitrogen and oxygen atoms in total. The van der Waals surface area contributed by atoms with Crippen LogP contribution in [0.5, 0.6) is 0 Å². The Bertz CT molecular complexity index is 594. The van der Waals surface area contributed by atoms with Crippen molar-refractivity contribution in [2.75, 3.05) is 19.7 Å². The molecule has 114 valence electrons. The van der Waals surface area contributed by atoms with Gasteiger partial charge in [0.05, 0.1) is 13.2 Å². The second-order valence-corrected chi connectivity index (χ2v) is 6.85. The fraction of sp³-hybridized carbons (Fsp3) is 0.643. The van der Waals surface area contributed by atoms with Gasteiger partial charge in [-0.15, -0.1) is 21.5 Å². The van der Waals surface area contributed by atoms with Gasteiger partial charge in [-0.05, 0) is 5.92 Å². The Balaban J connectivity index is 1.64. The van der Waals surface area contributed by atoms with Crippen molar-refractivity contribution < 1.29 is 4.74 Å². The lowest BCUT2D eigenvalue weighted by atomic mass is 10.2. The van der Waals surface area contributed by atoms with E-state index in [1.165, 1.54) is 9.88 Å². The van der Waals surface area contributed by atoms with Gasteiger partial charge in [-0.3, -0.25) is 4.90 Å². The lowest BCUT2D eigenvalue weighted by Gasteiger charge is -2.31. The summed E-state index contributed by atoms with van der Waals surface area (Å²) < 4.78 is 7.76. The van der Waals surface area contributed by atoms with Crippen LogP contribution >= 0.6 is 11.3 Å². The molecule has 0 bridgehead atoms. The third kappa shape index (κ3) is 3.30. The minimum Gasteiger partial charge on any atom is -0.368 e. The van der Waals surface area contributed by atoms with Crippen molar-refractivity contribution in [2.24, 2.45) is 7.05 Å². The smallest absolute Gasteiger partial charge is 0.163 e. The molecule has 0 aliphatic carbocycles. The summed E-state index contributed by atoms with van der Waals surface area (Å²) in [6.45, 7) is 7.79. The van der Waals surface area contributed by atoms with E-state index < -0.39 is 0 Å². The van der Waals surface area contributed by atoms with Gasteiger partial charge in [0, 0.05) is 31.2 Å². The van der Waals surface area contributed by atoms with E-state index in [0.717, 1.165) is 32.1 Å². The van der Waals surface area contributed by atoms with Crippen molar-refractivity contribution in [3.05, 3.63) is 28.2 Å². The molecule has 0 radical (unpaired) electrons. The Kier molecular flexibility index (Phi) is 4.32. The first-order chi connectivity index (χ1) is 10.1. The second kappa shape index (κ2) is 6.21. The summed E-state index contributed by atoms with van der Waals surface area (Å²) in [7, 11) is 1.95. The van der Waals surface area contributed by atoms with Crippen molar-refractivity contribution in [1.29, 1.82) is 0 Å². The van der Waals surface area contributed by atoms with E-state index >= 15 is 0 Å². The minimum atomic E-state index is -0.00391. The van der Waals surface area contributed by atoms with Gasteiger partial charge in [0.2, 0.25) is 0 Å². The van der Waals surface area contributed by atoms with E-state index in [1.54, 1.807) is 6.33 Å². The first-order valence-corrected chi connectivity index (χ1v) is 8.07. The van der Waals surface area contributed by atoms with Crippen LogP contribution in [0.4, 0.5) is 0 Å². The maximum atomic E-state index is 5.83. The monoisotopic (exact) mass is 307 g/mol. The predicted octanol–water partition coefficient (Wildman–Crippen LogP) is 1.97. The molecule has 0 spiro atoms. The predicted molar refractivity (Wildman–Crippen MR) is 81.2 cm³/mol. The van der Waals surface area contributed by atoms with Crippen LogP contribution in [0.1, 0.15) is 41.6 Å². The van der Waals surface area contributed by atoms with E-state index in [0.29, 0.717) is 5.92 Å². The fourth-order valence-electron chi connectivity index (χ4n) is 2.44. The van der Waals surface area contributed by atoms with Crippen LogP contribution in [-0.2, 0) is 18.3 Å². The molecule has 21 heavy (non-hydrogen) atoms. The van der Waals surface area contributed by atoms with Crippen LogP contribution in [-0.4, -0.2) is 44.3 Å². The third-order valence-electron chi connectivity index (χ3n) is 3.68. The zero-order chi connectivity index (χ0) is 14.8. The maximum absolute atomic E-state index is 5.83. The first-order valence-electron chi connectivity index (χ1n) is 7.26. The Hall–Kier alpha value is -1.31. The highest BCUT2D eigenvalue weighted by atomic mass is 32.1. The average Bonchev–Trinajstić information content (AvgIpc) is 3.08. The normalized spacial score (nSPS) is 20.3. The topological polar surface area (TPSA) is 56.1 Å². The van der Waals surface area contributed by atoms with Gasteiger partial charge in [0.25, 0.3) is 0 Å². The Morgan fingerprint density at radius 3 is 3.00 bits per heavy atom. The molecule has 2 aromatic rings. The molecule has 0 N–H and O–H groups in total. The van der Waals surface area contributed by atoms with E-state index in [4.69, 9.17) is 4.74 Å². The molecule has 7 heteroatoms. The Morgan fingerprint density at radius 2 is 2.33 bits per heavy atom. The van der Waals surface area contributed by atoms with Gasteiger partial charge in [0.15, 0.2) is 5.82 Å². The molecule has 2 aromatic heterocycles. The quantitative estimate of drug-likeness (QED) is 0.864. The van der Waals surface area contributed by atoms with Crippen LogP contribution in [0.2, 0.25) is 0 Å². The Morgan fingerprint density at radius 1 is 1.48 bits per heavy atom. The van der Waals surface area contributed by atoms with Gasteiger partial charge >= 0.3 is 0 Å². The number of aromatic nitrogens is 4. The van der Waals surface area contributed by atoms with Crippen molar-refractivity contribution in [2.45, 2.75) is 32.4 Å². The molecule has 1 aliphatic heterocycles. The summed E-state index contributed by atoms with van der Waals surface area (Å²) in [5.74, 6) is 1.44. The number of hydrogen-bond donors (Lipinski definition) is 0. The van der Waals surface area contributed by atoms with Gasteiger partial charge < -0.3 is 9.30 Å². The fourth-order valence-corrected chi connectivity index (χ4v) is 3.41.